The molecule has 0 atom stereocenters. The van der Waals surface area contributed by atoms with Crippen molar-refractivity contribution in [3.8, 4) is 0 Å². The molecule has 0 radical (unpaired) electrons. The predicted molar refractivity (Wildman–Crippen MR) is 51.9 cm³/mol. The molecular formula is C9H14N2O4. The number of hydroxylamine groups is 2. The number of rotatable bonds is 3. The van der Waals surface area contributed by atoms with Crippen molar-refractivity contribution in [3.05, 3.63) is 12.2 Å². The molecule has 0 aromatic carbocycles. The van der Waals surface area contributed by atoms with Crippen LogP contribution in [0.2, 0.25) is 0 Å². The summed E-state index contributed by atoms with van der Waals surface area (Å²) in [5, 5.41) is 9.82. The van der Waals surface area contributed by atoms with E-state index >= 15 is 0 Å². The van der Waals surface area contributed by atoms with E-state index in [0.717, 1.165) is 25.2 Å². The van der Waals surface area contributed by atoms with E-state index in [4.69, 9.17) is 9.94 Å². The van der Waals surface area contributed by atoms with E-state index in [1.807, 2.05) is 7.05 Å². The number of likely N-dealkylation sites (N-methyl/N-ethyl adjacent to an activating group) is 1. The van der Waals surface area contributed by atoms with Crippen molar-refractivity contribution in [2.45, 2.75) is 0 Å². The van der Waals surface area contributed by atoms with Gasteiger partial charge < -0.3 is 14.8 Å². The molecular weight excluding hydrogens is 200 g/mol. The van der Waals surface area contributed by atoms with Gasteiger partial charge in [-0.1, -0.05) is 0 Å². The second-order valence-electron chi connectivity index (χ2n) is 3.31. The number of piperazine rings is 1. The van der Waals surface area contributed by atoms with E-state index in [9.17, 15) is 9.59 Å². The fraction of sp³-hybridized carbons (Fsp3) is 0.556. The van der Waals surface area contributed by atoms with Gasteiger partial charge in [0.05, 0.1) is 0 Å². The second kappa shape index (κ2) is 5.47. The minimum Gasteiger partial charge on any atom is -0.478 e. The van der Waals surface area contributed by atoms with Gasteiger partial charge in [0.2, 0.25) is 0 Å². The van der Waals surface area contributed by atoms with Crippen molar-refractivity contribution < 1.29 is 19.5 Å². The lowest BCUT2D eigenvalue weighted by molar-refractivity contribution is -0.190. The highest BCUT2D eigenvalue weighted by Crippen LogP contribution is 2.00. The smallest absolute Gasteiger partial charge is 0.349 e. The molecule has 0 aromatic rings. The van der Waals surface area contributed by atoms with Crippen LogP contribution in [0.4, 0.5) is 0 Å². The molecule has 0 saturated carbocycles. The molecule has 6 nitrogen and oxygen atoms in total. The van der Waals surface area contributed by atoms with Gasteiger partial charge in [-0.15, -0.1) is 5.06 Å². The van der Waals surface area contributed by atoms with E-state index in [1.165, 1.54) is 5.06 Å². The minimum absolute atomic E-state index is 0.642. The number of carboxylic acid groups (broad SMARTS) is 1. The summed E-state index contributed by atoms with van der Waals surface area (Å²) in [6, 6.07) is 0. The standard InChI is InChI=1S/C9H14N2O4/c1-10-4-6-11(7-5-10)15-9(14)3-2-8(12)13/h2-3H,4-7H2,1H3,(H,12,13)/b3-2+. The Morgan fingerprint density at radius 2 is 1.80 bits per heavy atom. The van der Waals surface area contributed by atoms with Crippen LogP contribution in [0.3, 0.4) is 0 Å². The minimum atomic E-state index is -1.16. The number of hydrogen-bond acceptors (Lipinski definition) is 5. The van der Waals surface area contributed by atoms with Gasteiger partial charge in [-0.25, -0.2) is 9.59 Å². The monoisotopic (exact) mass is 214 g/mol. The molecule has 0 amide bonds. The van der Waals surface area contributed by atoms with E-state index in [2.05, 4.69) is 4.90 Å². The Morgan fingerprint density at radius 1 is 1.20 bits per heavy atom. The molecule has 1 rings (SSSR count). The number of aliphatic carboxylic acids is 1. The van der Waals surface area contributed by atoms with Crippen molar-refractivity contribution in [1.82, 2.24) is 9.96 Å². The maximum absolute atomic E-state index is 11.1. The largest absolute Gasteiger partial charge is 0.478 e. The number of hydrogen-bond donors (Lipinski definition) is 1. The Balaban J connectivity index is 2.29. The van der Waals surface area contributed by atoms with Gasteiger partial charge in [-0.3, -0.25) is 0 Å². The lowest BCUT2D eigenvalue weighted by Gasteiger charge is -2.30. The van der Waals surface area contributed by atoms with Gasteiger partial charge in [0, 0.05) is 38.3 Å². The summed E-state index contributed by atoms with van der Waals surface area (Å²) < 4.78 is 0. The van der Waals surface area contributed by atoms with E-state index in [-0.39, 0.29) is 0 Å². The summed E-state index contributed by atoms with van der Waals surface area (Å²) in [5.41, 5.74) is 0. The Morgan fingerprint density at radius 3 is 2.33 bits per heavy atom. The first-order chi connectivity index (χ1) is 7.08. The first-order valence-electron chi connectivity index (χ1n) is 4.64. The van der Waals surface area contributed by atoms with Crippen LogP contribution >= 0.6 is 0 Å². The van der Waals surface area contributed by atoms with E-state index < -0.39 is 11.9 Å². The van der Waals surface area contributed by atoms with E-state index in [0.29, 0.717) is 13.1 Å². The Hall–Kier alpha value is -1.40. The third-order valence-electron chi connectivity index (χ3n) is 2.04. The summed E-state index contributed by atoms with van der Waals surface area (Å²) in [7, 11) is 1.99. The van der Waals surface area contributed by atoms with Gasteiger partial charge >= 0.3 is 11.9 Å². The van der Waals surface area contributed by atoms with Crippen LogP contribution in [-0.4, -0.2) is 60.2 Å². The lowest BCUT2D eigenvalue weighted by Crippen LogP contribution is -2.44. The van der Waals surface area contributed by atoms with Crippen LogP contribution in [0, 0.1) is 0 Å². The zero-order valence-electron chi connectivity index (χ0n) is 8.55. The molecule has 0 spiro atoms. The molecule has 0 aromatic heterocycles. The molecule has 1 heterocycles. The molecule has 1 aliphatic rings. The second-order valence-corrected chi connectivity index (χ2v) is 3.31. The van der Waals surface area contributed by atoms with Crippen molar-refractivity contribution in [3.63, 3.8) is 0 Å². The third kappa shape index (κ3) is 4.57. The highest BCUT2D eigenvalue weighted by atomic mass is 16.7. The molecule has 0 bridgehead atoms. The van der Waals surface area contributed by atoms with Crippen LogP contribution < -0.4 is 0 Å². The fourth-order valence-corrected chi connectivity index (χ4v) is 1.18. The number of carboxylic acids is 1. The maximum Gasteiger partial charge on any atom is 0.349 e. The Labute approximate surface area is 87.7 Å². The summed E-state index contributed by atoms with van der Waals surface area (Å²) in [6.45, 7) is 2.94. The molecule has 15 heavy (non-hydrogen) atoms. The first-order valence-corrected chi connectivity index (χ1v) is 4.64. The number of nitrogens with zero attached hydrogens (tertiary/aromatic N) is 2. The molecule has 0 unspecified atom stereocenters. The first kappa shape index (κ1) is 11.7. The van der Waals surface area contributed by atoms with Gasteiger partial charge in [0.15, 0.2) is 0 Å². The molecule has 84 valence electrons. The van der Waals surface area contributed by atoms with Gasteiger partial charge in [0.1, 0.15) is 0 Å². The number of carbonyl (C=O) groups is 2. The van der Waals surface area contributed by atoms with E-state index in [1.54, 1.807) is 0 Å². The maximum atomic E-state index is 11.1. The SMILES string of the molecule is CN1CCN(OC(=O)/C=C/C(=O)O)CC1. The Kier molecular flexibility index (Phi) is 4.26. The van der Waals surface area contributed by atoms with Gasteiger partial charge in [0.25, 0.3) is 0 Å². The zero-order chi connectivity index (χ0) is 11.3. The molecule has 1 saturated heterocycles. The van der Waals surface area contributed by atoms with Crippen molar-refractivity contribution in [1.29, 1.82) is 0 Å². The Bertz CT molecular complexity index is 269. The topological polar surface area (TPSA) is 70.1 Å². The normalized spacial score (nSPS) is 19.3. The quantitative estimate of drug-likeness (QED) is 0.628. The molecule has 1 aliphatic heterocycles. The molecule has 6 heteroatoms. The van der Waals surface area contributed by atoms with Gasteiger partial charge in [-0.05, 0) is 7.05 Å². The van der Waals surface area contributed by atoms with Crippen molar-refractivity contribution >= 4 is 11.9 Å². The fourth-order valence-electron chi connectivity index (χ4n) is 1.18. The summed E-state index contributed by atoms with van der Waals surface area (Å²) in [5.74, 6) is -1.81. The average molecular weight is 214 g/mol. The zero-order valence-corrected chi connectivity index (χ0v) is 8.55. The predicted octanol–water partition coefficient (Wildman–Crippen LogP) is -0.667. The molecule has 0 aliphatic carbocycles. The summed E-state index contributed by atoms with van der Waals surface area (Å²) in [6.07, 6.45) is 1.67. The third-order valence-corrected chi connectivity index (χ3v) is 2.04. The highest BCUT2D eigenvalue weighted by Gasteiger charge is 2.16. The average Bonchev–Trinajstić information content (AvgIpc) is 2.19. The van der Waals surface area contributed by atoms with Crippen molar-refractivity contribution in [2.75, 3.05) is 33.2 Å². The highest BCUT2D eigenvalue weighted by molar-refractivity contribution is 5.90. The lowest BCUT2D eigenvalue weighted by atomic mass is 10.4. The molecule has 1 N–H and O–H groups in total. The van der Waals surface area contributed by atoms with Crippen LogP contribution in [0.15, 0.2) is 12.2 Å². The van der Waals surface area contributed by atoms with Crippen molar-refractivity contribution in [2.24, 2.45) is 0 Å². The van der Waals surface area contributed by atoms with Gasteiger partial charge in [-0.2, -0.15) is 0 Å². The van der Waals surface area contributed by atoms with Crippen LogP contribution in [-0.2, 0) is 14.4 Å². The number of carbonyl (C=O) groups excluding carboxylic acids is 1. The van der Waals surface area contributed by atoms with Crippen LogP contribution in [0.1, 0.15) is 0 Å². The van der Waals surface area contributed by atoms with Crippen LogP contribution in [0.5, 0.6) is 0 Å². The molecule has 1 fully saturated rings. The van der Waals surface area contributed by atoms with Crippen LogP contribution in [0.25, 0.3) is 0 Å². The summed E-state index contributed by atoms with van der Waals surface area (Å²) in [4.78, 5) is 28.2. The summed E-state index contributed by atoms with van der Waals surface area (Å²) >= 11 is 0.